The van der Waals surface area contributed by atoms with Crippen LogP contribution in [0.5, 0.6) is 5.88 Å². The number of carbonyl (C=O) groups is 1. The molecule has 2 heterocycles. The van der Waals surface area contributed by atoms with Gasteiger partial charge in [0.2, 0.25) is 17.7 Å². The molecule has 4 rings (SSSR count). The molecule has 1 aromatic heterocycles. The molecule has 0 atom stereocenters. The molecule has 0 radical (unpaired) electrons. The summed E-state index contributed by atoms with van der Waals surface area (Å²) in [7, 11) is 4.02. The average molecular weight is 466 g/mol. The lowest BCUT2D eigenvalue weighted by molar-refractivity contribution is 0.1000. The Hall–Kier alpha value is -3.30. The van der Waals surface area contributed by atoms with Crippen molar-refractivity contribution in [3.8, 4) is 5.88 Å². The highest BCUT2D eigenvalue weighted by atomic mass is 32.2. The van der Waals surface area contributed by atoms with Gasteiger partial charge in [-0.3, -0.25) is 4.79 Å². The van der Waals surface area contributed by atoms with Gasteiger partial charge in [0.1, 0.15) is 6.61 Å². The Kier molecular flexibility index (Phi) is 7.31. The van der Waals surface area contributed by atoms with Gasteiger partial charge in [0.25, 0.3) is 0 Å². The Morgan fingerprint density at radius 2 is 1.94 bits per heavy atom. The largest absolute Gasteiger partial charge is 0.472 e. The van der Waals surface area contributed by atoms with Crippen molar-refractivity contribution >= 4 is 29.3 Å². The molecule has 3 aromatic rings. The van der Waals surface area contributed by atoms with E-state index in [2.05, 4.69) is 26.9 Å². The molecule has 2 N–H and O–H groups in total. The van der Waals surface area contributed by atoms with E-state index in [-0.39, 0.29) is 0 Å². The van der Waals surface area contributed by atoms with Crippen LogP contribution in [0.3, 0.4) is 0 Å². The predicted octanol–water partition coefficient (Wildman–Crippen LogP) is 3.21. The molecule has 1 fully saturated rings. The summed E-state index contributed by atoms with van der Waals surface area (Å²) in [6.07, 6.45) is 1.79. The first kappa shape index (κ1) is 22.9. The molecular formula is C24H27N5O3S. The van der Waals surface area contributed by atoms with Gasteiger partial charge in [0, 0.05) is 43.3 Å². The Labute approximate surface area is 197 Å². The molecule has 172 valence electrons. The van der Waals surface area contributed by atoms with Crippen molar-refractivity contribution in [1.29, 1.82) is 0 Å². The van der Waals surface area contributed by atoms with Crippen LogP contribution in [0, 0.1) is 0 Å². The number of benzene rings is 2. The lowest BCUT2D eigenvalue weighted by Crippen LogP contribution is -2.37. The van der Waals surface area contributed by atoms with Crippen molar-refractivity contribution < 1.29 is 14.3 Å². The fourth-order valence-electron chi connectivity index (χ4n) is 3.33. The van der Waals surface area contributed by atoms with Crippen LogP contribution in [0.15, 0.2) is 64.5 Å². The number of hydrogen-bond donors (Lipinski definition) is 1. The molecule has 0 spiro atoms. The van der Waals surface area contributed by atoms with Crippen LogP contribution >= 0.6 is 11.8 Å². The standard InChI is InChI=1S/C24H27N5O3S/c1-28(2)19-5-3-4-17(14-19)16-32-23-21(33-20-8-6-18(7-9-20)22(25)30)15-26-24(27-23)29-10-12-31-13-11-29/h3-9,14-15H,10-13,16H2,1-2H3,(H2,25,30). The molecule has 1 aliphatic rings. The first-order valence-electron chi connectivity index (χ1n) is 10.7. The van der Waals surface area contributed by atoms with E-state index >= 15 is 0 Å². The van der Waals surface area contributed by atoms with Gasteiger partial charge in [0.15, 0.2) is 0 Å². The second-order valence-electron chi connectivity index (χ2n) is 7.78. The number of anilines is 2. The van der Waals surface area contributed by atoms with E-state index in [1.54, 1.807) is 18.3 Å². The minimum absolute atomic E-state index is 0.384. The zero-order valence-corrected chi connectivity index (χ0v) is 19.5. The van der Waals surface area contributed by atoms with Crippen LogP contribution in [0.2, 0.25) is 0 Å². The normalized spacial score (nSPS) is 13.6. The number of hydrogen-bond acceptors (Lipinski definition) is 8. The molecule has 2 aromatic carbocycles. The quantitative estimate of drug-likeness (QED) is 0.542. The molecule has 0 aliphatic carbocycles. The number of aromatic nitrogens is 2. The third-order valence-corrected chi connectivity index (χ3v) is 6.18. The summed E-state index contributed by atoms with van der Waals surface area (Å²) in [6.45, 7) is 3.17. The molecular weight excluding hydrogens is 438 g/mol. The van der Waals surface area contributed by atoms with Crippen LogP contribution < -0.4 is 20.3 Å². The first-order chi connectivity index (χ1) is 16.0. The van der Waals surface area contributed by atoms with Gasteiger partial charge in [-0.25, -0.2) is 4.98 Å². The van der Waals surface area contributed by atoms with E-state index in [9.17, 15) is 4.79 Å². The zero-order valence-electron chi connectivity index (χ0n) is 18.7. The summed E-state index contributed by atoms with van der Waals surface area (Å²) in [5, 5.41) is 0. The molecule has 9 heteroatoms. The van der Waals surface area contributed by atoms with Crippen LogP contribution in [0.1, 0.15) is 15.9 Å². The van der Waals surface area contributed by atoms with Crippen LogP contribution in [-0.2, 0) is 11.3 Å². The summed E-state index contributed by atoms with van der Waals surface area (Å²) < 4.78 is 11.6. The maximum absolute atomic E-state index is 11.4. The number of carbonyl (C=O) groups excluding carboxylic acids is 1. The Bertz CT molecular complexity index is 1100. The highest BCUT2D eigenvalue weighted by molar-refractivity contribution is 7.99. The number of amides is 1. The third kappa shape index (κ3) is 5.94. The molecule has 1 saturated heterocycles. The number of morpholine rings is 1. The van der Waals surface area contributed by atoms with Gasteiger partial charge in [-0.2, -0.15) is 4.98 Å². The Morgan fingerprint density at radius 3 is 2.64 bits per heavy atom. The molecule has 1 amide bonds. The predicted molar refractivity (Wildman–Crippen MR) is 129 cm³/mol. The summed E-state index contributed by atoms with van der Waals surface area (Å²) >= 11 is 1.48. The van der Waals surface area contributed by atoms with E-state index in [0.29, 0.717) is 37.2 Å². The molecule has 0 saturated carbocycles. The second kappa shape index (κ2) is 10.5. The van der Waals surface area contributed by atoms with Gasteiger partial charge in [-0.1, -0.05) is 23.9 Å². The van der Waals surface area contributed by atoms with Gasteiger partial charge in [-0.15, -0.1) is 0 Å². The maximum Gasteiger partial charge on any atom is 0.248 e. The lowest BCUT2D eigenvalue weighted by atomic mass is 10.2. The van der Waals surface area contributed by atoms with Crippen molar-refractivity contribution in [3.63, 3.8) is 0 Å². The summed E-state index contributed by atoms with van der Waals surface area (Å²) in [5.41, 5.74) is 7.98. The van der Waals surface area contributed by atoms with E-state index in [0.717, 1.165) is 34.1 Å². The minimum atomic E-state index is -0.450. The van der Waals surface area contributed by atoms with E-state index in [4.69, 9.17) is 20.2 Å². The highest BCUT2D eigenvalue weighted by Crippen LogP contribution is 2.35. The van der Waals surface area contributed by atoms with E-state index < -0.39 is 5.91 Å². The van der Waals surface area contributed by atoms with Crippen molar-refractivity contribution in [2.75, 3.05) is 50.2 Å². The number of rotatable bonds is 8. The maximum atomic E-state index is 11.4. The summed E-state index contributed by atoms with van der Waals surface area (Å²) in [5.74, 6) is 0.697. The molecule has 1 aliphatic heterocycles. The van der Waals surface area contributed by atoms with Crippen molar-refractivity contribution in [3.05, 3.63) is 65.9 Å². The van der Waals surface area contributed by atoms with Crippen LogP contribution in [0.4, 0.5) is 11.6 Å². The third-order valence-electron chi connectivity index (χ3n) is 5.17. The Balaban J connectivity index is 1.58. The van der Waals surface area contributed by atoms with Crippen LogP contribution in [0.25, 0.3) is 0 Å². The Morgan fingerprint density at radius 1 is 1.18 bits per heavy atom. The first-order valence-corrected chi connectivity index (χ1v) is 11.5. The molecule has 0 unspecified atom stereocenters. The lowest BCUT2D eigenvalue weighted by Gasteiger charge is -2.27. The summed E-state index contributed by atoms with van der Waals surface area (Å²) in [4.78, 5) is 26.6. The number of nitrogens with zero attached hydrogens (tertiary/aromatic N) is 4. The van der Waals surface area contributed by atoms with Crippen LogP contribution in [-0.4, -0.2) is 56.3 Å². The highest BCUT2D eigenvalue weighted by Gasteiger charge is 2.18. The number of ether oxygens (including phenoxy) is 2. The smallest absolute Gasteiger partial charge is 0.248 e. The fraction of sp³-hybridized carbons (Fsp3) is 0.292. The SMILES string of the molecule is CN(C)c1cccc(COc2nc(N3CCOCC3)ncc2Sc2ccc(C(N)=O)cc2)c1. The molecule has 0 bridgehead atoms. The van der Waals surface area contributed by atoms with Gasteiger partial charge in [0.05, 0.1) is 24.3 Å². The molecule has 33 heavy (non-hydrogen) atoms. The number of nitrogens with two attached hydrogens (primary N) is 1. The van der Waals surface area contributed by atoms with Crippen molar-refractivity contribution in [1.82, 2.24) is 9.97 Å². The van der Waals surface area contributed by atoms with Gasteiger partial charge >= 0.3 is 0 Å². The minimum Gasteiger partial charge on any atom is -0.472 e. The zero-order chi connectivity index (χ0) is 23.2. The molecule has 8 nitrogen and oxygen atoms in total. The topological polar surface area (TPSA) is 93.8 Å². The van der Waals surface area contributed by atoms with E-state index in [1.807, 2.05) is 38.4 Å². The van der Waals surface area contributed by atoms with Gasteiger partial charge < -0.3 is 25.0 Å². The van der Waals surface area contributed by atoms with E-state index in [1.165, 1.54) is 11.8 Å². The summed E-state index contributed by atoms with van der Waals surface area (Å²) in [6, 6.07) is 15.3. The van der Waals surface area contributed by atoms with Crippen molar-refractivity contribution in [2.24, 2.45) is 5.73 Å². The van der Waals surface area contributed by atoms with Crippen molar-refractivity contribution in [2.45, 2.75) is 16.4 Å². The second-order valence-corrected chi connectivity index (χ2v) is 8.90. The van der Waals surface area contributed by atoms with Gasteiger partial charge in [-0.05, 0) is 42.0 Å². The average Bonchev–Trinajstić information content (AvgIpc) is 2.84. The number of primary amides is 1. The fourth-order valence-corrected chi connectivity index (χ4v) is 4.15. The monoisotopic (exact) mass is 465 g/mol.